The molecule has 142 valence electrons. The lowest BCUT2D eigenvalue weighted by Crippen LogP contribution is -2.23. The molecular weight excluding hydrogens is 370 g/mol. The monoisotopic (exact) mass is 391 g/mol. The summed E-state index contributed by atoms with van der Waals surface area (Å²) in [6, 6.07) is 15.8. The number of benzene rings is 2. The first-order valence-corrected chi connectivity index (χ1v) is 9.84. The number of para-hydroxylation sites is 1. The molecular formula is C22H21N3O2S. The van der Waals surface area contributed by atoms with Gasteiger partial charge in [0.1, 0.15) is 5.75 Å². The number of thiazole rings is 1. The van der Waals surface area contributed by atoms with Crippen LogP contribution >= 0.6 is 11.3 Å². The number of rotatable bonds is 3. The molecule has 4 aromatic rings. The second-order valence-electron chi connectivity index (χ2n) is 7.62. The number of aromatic nitrogens is 3. The third-order valence-electron chi connectivity index (χ3n) is 4.60. The molecule has 5 nitrogen and oxygen atoms in total. The SMILES string of the molecule is COc1ccccc1-c1nc2s/c(=C\c3ccc(C(C)(C)C)cc3)c(=O)n2n1. The van der Waals surface area contributed by atoms with Gasteiger partial charge in [0, 0.05) is 0 Å². The Hall–Kier alpha value is -2.99. The van der Waals surface area contributed by atoms with E-state index in [9.17, 15) is 4.79 Å². The molecule has 0 saturated heterocycles. The molecule has 2 aromatic carbocycles. The topological polar surface area (TPSA) is 56.5 Å². The summed E-state index contributed by atoms with van der Waals surface area (Å²) in [5.74, 6) is 1.17. The van der Waals surface area contributed by atoms with Gasteiger partial charge in [-0.2, -0.15) is 9.50 Å². The van der Waals surface area contributed by atoms with Crippen LogP contribution in [0.4, 0.5) is 0 Å². The van der Waals surface area contributed by atoms with Crippen LogP contribution in [0.2, 0.25) is 0 Å². The quantitative estimate of drug-likeness (QED) is 0.535. The minimum absolute atomic E-state index is 0.102. The number of hydrogen-bond donors (Lipinski definition) is 0. The van der Waals surface area contributed by atoms with Gasteiger partial charge in [-0.25, -0.2) is 0 Å². The third kappa shape index (κ3) is 3.31. The van der Waals surface area contributed by atoms with E-state index in [0.717, 1.165) is 11.1 Å². The van der Waals surface area contributed by atoms with Crippen molar-refractivity contribution in [2.24, 2.45) is 0 Å². The lowest BCUT2D eigenvalue weighted by molar-refractivity contribution is 0.416. The third-order valence-corrected chi connectivity index (χ3v) is 5.56. The van der Waals surface area contributed by atoms with Crippen LogP contribution in [0, 0.1) is 0 Å². The molecule has 2 heterocycles. The number of nitrogens with zero attached hydrogens (tertiary/aromatic N) is 3. The standard InChI is InChI=1S/C22H21N3O2S/c1-22(2,3)15-11-9-14(10-12-15)13-18-20(26)25-21(28-18)23-19(24-25)16-7-5-6-8-17(16)27-4/h5-13H,1-4H3/b18-13-. The Labute approximate surface area is 166 Å². The fourth-order valence-corrected chi connectivity index (χ4v) is 3.92. The van der Waals surface area contributed by atoms with Gasteiger partial charge >= 0.3 is 0 Å². The molecule has 0 bridgehead atoms. The van der Waals surface area contributed by atoms with E-state index in [1.807, 2.05) is 42.5 Å². The van der Waals surface area contributed by atoms with Crippen LogP contribution in [0.25, 0.3) is 22.4 Å². The molecule has 0 N–H and O–H groups in total. The average molecular weight is 391 g/mol. The summed E-state index contributed by atoms with van der Waals surface area (Å²) in [5, 5.41) is 4.40. The Morgan fingerprint density at radius 3 is 2.43 bits per heavy atom. The van der Waals surface area contributed by atoms with E-state index in [1.54, 1.807) is 7.11 Å². The predicted octanol–water partition coefficient (Wildman–Crippen LogP) is 3.67. The van der Waals surface area contributed by atoms with Crippen molar-refractivity contribution in [3.05, 3.63) is 74.5 Å². The Morgan fingerprint density at radius 2 is 1.79 bits per heavy atom. The van der Waals surface area contributed by atoms with E-state index >= 15 is 0 Å². The van der Waals surface area contributed by atoms with Gasteiger partial charge in [-0.3, -0.25) is 4.79 Å². The Balaban J connectivity index is 1.74. The van der Waals surface area contributed by atoms with Crippen molar-refractivity contribution in [1.29, 1.82) is 0 Å². The highest BCUT2D eigenvalue weighted by Crippen LogP contribution is 2.27. The fraction of sp³-hybridized carbons (Fsp3) is 0.227. The van der Waals surface area contributed by atoms with E-state index in [1.165, 1.54) is 21.4 Å². The molecule has 0 saturated carbocycles. The summed E-state index contributed by atoms with van der Waals surface area (Å²) in [5.41, 5.74) is 2.96. The second-order valence-corrected chi connectivity index (χ2v) is 8.63. The minimum atomic E-state index is -0.159. The lowest BCUT2D eigenvalue weighted by atomic mass is 9.87. The molecule has 0 spiro atoms. The molecule has 4 rings (SSSR count). The molecule has 0 fully saturated rings. The minimum Gasteiger partial charge on any atom is -0.496 e. The number of ether oxygens (including phenoxy) is 1. The summed E-state index contributed by atoms with van der Waals surface area (Å²) in [4.78, 5) is 17.9. The van der Waals surface area contributed by atoms with Gasteiger partial charge in [-0.05, 0) is 34.8 Å². The summed E-state index contributed by atoms with van der Waals surface area (Å²) in [6.07, 6.45) is 1.89. The predicted molar refractivity (Wildman–Crippen MR) is 113 cm³/mol. The maximum Gasteiger partial charge on any atom is 0.291 e. The first-order valence-electron chi connectivity index (χ1n) is 9.02. The van der Waals surface area contributed by atoms with Crippen molar-refractivity contribution in [2.75, 3.05) is 7.11 Å². The lowest BCUT2D eigenvalue weighted by Gasteiger charge is -2.18. The average Bonchev–Trinajstić information content (AvgIpc) is 3.21. The van der Waals surface area contributed by atoms with Crippen molar-refractivity contribution in [1.82, 2.24) is 14.6 Å². The van der Waals surface area contributed by atoms with E-state index in [0.29, 0.717) is 21.1 Å². The van der Waals surface area contributed by atoms with Crippen LogP contribution in [0.5, 0.6) is 5.75 Å². The number of methoxy groups -OCH3 is 1. The van der Waals surface area contributed by atoms with Crippen molar-refractivity contribution < 1.29 is 4.74 Å². The number of fused-ring (bicyclic) bond motifs is 1. The van der Waals surface area contributed by atoms with Crippen LogP contribution in [0.3, 0.4) is 0 Å². The van der Waals surface area contributed by atoms with Crippen LogP contribution in [-0.2, 0) is 5.41 Å². The van der Waals surface area contributed by atoms with Crippen LogP contribution in [0.15, 0.2) is 53.3 Å². The molecule has 0 amide bonds. The molecule has 0 atom stereocenters. The van der Waals surface area contributed by atoms with Crippen molar-refractivity contribution >= 4 is 22.4 Å². The fourth-order valence-electron chi connectivity index (χ4n) is 3.01. The molecule has 2 aromatic heterocycles. The summed E-state index contributed by atoms with van der Waals surface area (Å²) < 4.78 is 7.35. The molecule has 0 unspecified atom stereocenters. The zero-order valence-electron chi connectivity index (χ0n) is 16.3. The first kappa shape index (κ1) is 18.4. The molecule has 0 aliphatic heterocycles. The normalized spacial score (nSPS) is 12.6. The highest BCUT2D eigenvalue weighted by molar-refractivity contribution is 7.15. The highest BCUT2D eigenvalue weighted by atomic mass is 32.1. The zero-order valence-corrected chi connectivity index (χ0v) is 17.1. The maximum absolute atomic E-state index is 12.8. The van der Waals surface area contributed by atoms with E-state index in [4.69, 9.17) is 4.74 Å². The Bertz CT molecular complexity index is 1250. The molecule has 0 aliphatic carbocycles. The van der Waals surface area contributed by atoms with Gasteiger partial charge in [-0.1, -0.05) is 68.5 Å². The van der Waals surface area contributed by atoms with Gasteiger partial charge in [0.15, 0.2) is 5.82 Å². The highest BCUT2D eigenvalue weighted by Gasteiger charge is 2.15. The van der Waals surface area contributed by atoms with Gasteiger partial charge < -0.3 is 4.74 Å². The largest absolute Gasteiger partial charge is 0.496 e. The van der Waals surface area contributed by atoms with Crippen molar-refractivity contribution in [2.45, 2.75) is 26.2 Å². The van der Waals surface area contributed by atoms with Crippen LogP contribution in [0.1, 0.15) is 31.9 Å². The van der Waals surface area contributed by atoms with Crippen LogP contribution < -0.4 is 14.8 Å². The van der Waals surface area contributed by atoms with E-state index in [2.05, 4.69) is 43.0 Å². The summed E-state index contributed by atoms with van der Waals surface area (Å²) in [7, 11) is 1.61. The molecule has 0 aliphatic rings. The van der Waals surface area contributed by atoms with Gasteiger partial charge in [0.25, 0.3) is 5.56 Å². The van der Waals surface area contributed by atoms with Gasteiger partial charge in [0.05, 0.1) is 17.2 Å². The summed E-state index contributed by atoms with van der Waals surface area (Å²) in [6.45, 7) is 6.54. The van der Waals surface area contributed by atoms with Gasteiger partial charge in [0.2, 0.25) is 4.96 Å². The zero-order chi connectivity index (χ0) is 19.9. The van der Waals surface area contributed by atoms with Crippen LogP contribution in [-0.4, -0.2) is 21.7 Å². The first-order chi connectivity index (χ1) is 13.4. The van der Waals surface area contributed by atoms with E-state index < -0.39 is 0 Å². The second kappa shape index (κ2) is 6.87. The number of hydrogen-bond acceptors (Lipinski definition) is 5. The van der Waals surface area contributed by atoms with Crippen molar-refractivity contribution in [3.63, 3.8) is 0 Å². The molecule has 28 heavy (non-hydrogen) atoms. The van der Waals surface area contributed by atoms with Gasteiger partial charge in [-0.15, -0.1) is 5.10 Å². The summed E-state index contributed by atoms with van der Waals surface area (Å²) >= 11 is 1.34. The Morgan fingerprint density at radius 1 is 1.07 bits per heavy atom. The van der Waals surface area contributed by atoms with Crippen molar-refractivity contribution in [3.8, 4) is 17.1 Å². The van der Waals surface area contributed by atoms with E-state index in [-0.39, 0.29) is 11.0 Å². The molecule has 0 radical (unpaired) electrons. The maximum atomic E-state index is 12.8. The Kier molecular flexibility index (Phi) is 4.51. The molecule has 6 heteroatoms. The smallest absolute Gasteiger partial charge is 0.291 e.